The topological polar surface area (TPSA) is 0 Å². The smallest absolute Gasteiger partial charge is 0.0181 e. The summed E-state index contributed by atoms with van der Waals surface area (Å²) in [5.74, 6) is 0. The van der Waals surface area contributed by atoms with Crippen molar-refractivity contribution in [3.05, 3.63) is 60.2 Å². The molecule has 0 aliphatic rings. The summed E-state index contributed by atoms with van der Waals surface area (Å²) in [4.78, 5) is 0. The summed E-state index contributed by atoms with van der Waals surface area (Å²) in [5.41, 5.74) is 1.47. The molecule has 0 heteroatoms. The Morgan fingerprint density at radius 2 is 1.55 bits per heavy atom. The van der Waals surface area contributed by atoms with Crippen molar-refractivity contribution in [1.29, 1.82) is 0 Å². The quantitative estimate of drug-likeness (QED) is 0.388. The Labute approximate surface area is 123 Å². The van der Waals surface area contributed by atoms with Gasteiger partial charge in [0, 0.05) is 0 Å². The molecule has 2 aromatic carbocycles. The lowest BCUT2D eigenvalue weighted by Crippen LogP contribution is -1.85. The van der Waals surface area contributed by atoms with Crippen LogP contribution < -0.4 is 0 Å². The van der Waals surface area contributed by atoms with Gasteiger partial charge in [0.05, 0.1) is 0 Å². The van der Waals surface area contributed by atoms with Gasteiger partial charge in [-0.05, 0) is 48.4 Å². The molecule has 20 heavy (non-hydrogen) atoms. The molecule has 0 atom stereocenters. The van der Waals surface area contributed by atoms with E-state index in [4.69, 9.17) is 0 Å². The number of hydrogen-bond donors (Lipinski definition) is 0. The minimum absolute atomic E-state index is 1.20. The molecule has 0 saturated carbocycles. The van der Waals surface area contributed by atoms with Crippen LogP contribution in [-0.4, -0.2) is 0 Å². The molecule has 0 nitrogen and oxygen atoms in total. The molecular formula is C20H26. The largest absolute Gasteiger partial charge is 0.0885 e. The van der Waals surface area contributed by atoms with Crippen LogP contribution in [0.25, 0.3) is 10.8 Å². The number of unbranched alkanes of at least 4 members (excludes halogenated alkanes) is 4. The summed E-state index contributed by atoms with van der Waals surface area (Å²) in [7, 11) is 0. The monoisotopic (exact) mass is 266 g/mol. The zero-order valence-corrected chi connectivity index (χ0v) is 12.6. The van der Waals surface area contributed by atoms with Gasteiger partial charge in [-0.1, -0.05) is 74.4 Å². The number of aryl methyl sites for hydroxylation is 1. The predicted molar refractivity (Wildman–Crippen MR) is 90.2 cm³/mol. The molecule has 0 aliphatic carbocycles. The summed E-state index contributed by atoms with van der Waals surface area (Å²) in [6.45, 7) is 2.25. The van der Waals surface area contributed by atoms with Crippen LogP contribution in [0, 0.1) is 0 Å². The van der Waals surface area contributed by atoms with E-state index in [1.807, 2.05) is 0 Å². The fourth-order valence-corrected chi connectivity index (χ4v) is 2.54. The van der Waals surface area contributed by atoms with E-state index >= 15 is 0 Å². The van der Waals surface area contributed by atoms with Gasteiger partial charge in [-0.3, -0.25) is 0 Å². The van der Waals surface area contributed by atoms with E-state index in [1.165, 1.54) is 61.3 Å². The molecule has 0 saturated heterocycles. The third-order valence-electron chi connectivity index (χ3n) is 3.79. The maximum atomic E-state index is 2.36. The van der Waals surface area contributed by atoms with Gasteiger partial charge < -0.3 is 0 Å². The molecule has 0 spiro atoms. The molecule has 0 aromatic heterocycles. The first-order valence-electron chi connectivity index (χ1n) is 8.03. The van der Waals surface area contributed by atoms with E-state index in [0.29, 0.717) is 0 Å². The predicted octanol–water partition coefficient (Wildman–Crippen LogP) is 6.30. The number of hydrogen-bond acceptors (Lipinski definition) is 0. The first kappa shape index (κ1) is 14.8. The average Bonchev–Trinajstić information content (AvgIpc) is 2.50. The zero-order valence-electron chi connectivity index (χ0n) is 12.6. The van der Waals surface area contributed by atoms with Crippen LogP contribution in [0.4, 0.5) is 0 Å². The van der Waals surface area contributed by atoms with Gasteiger partial charge in [0.2, 0.25) is 0 Å². The molecule has 2 aromatic rings. The van der Waals surface area contributed by atoms with Crippen LogP contribution in [0.5, 0.6) is 0 Å². The average molecular weight is 266 g/mol. The highest BCUT2D eigenvalue weighted by Crippen LogP contribution is 2.17. The fourth-order valence-electron chi connectivity index (χ4n) is 2.54. The summed E-state index contributed by atoms with van der Waals surface area (Å²) < 4.78 is 0. The SMILES string of the molecule is CCCC/C=C/CCCCc1ccc2ccccc2c1. The lowest BCUT2D eigenvalue weighted by molar-refractivity contribution is 0.743. The molecule has 0 aliphatic heterocycles. The lowest BCUT2D eigenvalue weighted by atomic mass is 10.0. The Hall–Kier alpha value is -1.56. The molecule has 0 heterocycles. The van der Waals surface area contributed by atoms with E-state index in [1.54, 1.807) is 0 Å². The Balaban J connectivity index is 1.71. The molecule has 0 amide bonds. The summed E-state index contributed by atoms with van der Waals surface area (Å²) in [5, 5.41) is 2.71. The maximum Gasteiger partial charge on any atom is -0.0181 e. The Morgan fingerprint density at radius 1 is 0.800 bits per heavy atom. The van der Waals surface area contributed by atoms with Crippen molar-refractivity contribution in [2.24, 2.45) is 0 Å². The van der Waals surface area contributed by atoms with Gasteiger partial charge in [0.1, 0.15) is 0 Å². The van der Waals surface area contributed by atoms with Crippen molar-refractivity contribution < 1.29 is 0 Å². The molecule has 2 rings (SSSR count). The molecule has 106 valence electrons. The van der Waals surface area contributed by atoms with Gasteiger partial charge in [0.25, 0.3) is 0 Å². The number of allylic oxidation sites excluding steroid dienone is 2. The van der Waals surface area contributed by atoms with Crippen molar-refractivity contribution in [3.63, 3.8) is 0 Å². The highest BCUT2D eigenvalue weighted by atomic mass is 14.0. The van der Waals surface area contributed by atoms with E-state index in [0.717, 1.165) is 0 Å². The minimum Gasteiger partial charge on any atom is -0.0885 e. The van der Waals surface area contributed by atoms with Crippen LogP contribution in [0.1, 0.15) is 51.0 Å². The number of fused-ring (bicyclic) bond motifs is 1. The fraction of sp³-hybridized carbons (Fsp3) is 0.400. The van der Waals surface area contributed by atoms with Gasteiger partial charge in [0.15, 0.2) is 0 Å². The van der Waals surface area contributed by atoms with Crippen LogP contribution in [0.2, 0.25) is 0 Å². The second-order valence-electron chi connectivity index (χ2n) is 5.54. The van der Waals surface area contributed by atoms with Crippen molar-refractivity contribution >= 4 is 10.8 Å². The maximum absolute atomic E-state index is 2.36. The van der Waals surface area contributed by atoms with Crippen molar-refractivity contribution in [1.82, 2.24) is 0 Å². The third-order valence-corrected chi connectivity index (χ3v) is 3.79. The van der Waals surface area contributed by atoms with Crippen LogP contribution in [-0.2, 0) is 6.42 Å². The minimum atomic E-state index is 1.20. The molecule has 0 fully saturated rings. The summed E-state index contributed by atoms with van der Waals surface area (Å²) in [6, 6.07) is 15.5. The van der Waals surface area contributed by atoms with Crippen LogP contribution in [0.15, 0.2) is 54.6 Å². The number of rotatable bonds is 8. The summed E-state index contributed by atoms with van der Waals surface area (Å²) >= 11 is 0. The molecular weight excluding hydrogens is 240 g/mol. The van der Waals surface area contributed by atoms with E-state index in [2.05, 4.69) is 61.5 Å². The standard InChI is InChI=1S/C20H26/c1-2-3-4-5-6-7-8-9-12-18-15-16-19-13-10-11-14-20(19)17-18/h5-6,10-11,13-17H,2-4,7-9,12H2,1H3/b6-5+. The summed E-state index contributed by atoms with van der Waals surface area (Å²) in [6.07, 6.45) is 13.6. The van der Waals surface area contributed by atoms with E-state index < -0.39 is 0 Å². The molecule has 0 radical (unpaired) electrons. The van der Waals surface area contributed by atoms with Gasteiger partial charge in [-0.25, -0.2) is 0 Å². The van der Waals surface area contributed by atoms with Gasteiger partial charge >= 0.3 is 0 Å². The Kier molecular flexibility index (Phi) is 6.37. The Bertz CT molecular complexity index is 536. The highest BCUT2D eigenvalue weighted by Gasteiger charge is 1.96. The molecule has 0 bridgehead atoms. The molecule has 0 unspecified atom stereocenters. The number of benzene rings is 2. The van der Waals surface area contributed by atoms with Crippen LogP contribution in [0.3, 0.4) is 0 Å². The first-order chi connectivity index (χ1) is 9.90. The van der Waals surface area contributed by atoms with E-state index in [-0.39, 0.29) is 0 Å². The molecule has 0 N–H and O–H groups in total. The zero-order chi connectivity index (χ0) is 14.0. The van der Waals surface area contributed by atoms with E-state index in [9.17, 15) is 0 Å². The van der Waals surface area contributed by atoms with Crippen molar-refractivity contribution in [2.75, 3.05) is 0 Å². The first-order valence-corrected chi connectivity index (χ1v) is 8.03. The third kappa shape index (κ3) is 4.85. The Morgan fingerprint density at radius 3 is 2.35 bits per heavy atom. The van der Waals surface area contributed by atoms with Gasteiger partial charge in [-0.15, -0.1) is 0 Å². The highest BCUT2D eigenvalue weighted by molar-refractivity contribution is 5.82. The normalized spacial score (nSPS) is 11.4. The lowest BCUT2D eigenvalue weighted by Gasteiger charge is -2.03. The van der Waals surface area contributed by atoms with Crippen molar-refractivity contribution in [2.45, 2.75) is 51.9 Å². The van der Waals surface area contributed by atoms with Crippen LogP contribution >= 0.6 is 0 Å². The van der Waals surface area contributed by atoms with Gasteiger partial charge in [-0.2, -0.15) is 0 Å². The second kappa shape index (κ2) is 8.58. The second-order valence-corrected chi connectivity index (χ2v) is 5.54. The van der Waals surface area contributed by atoms with Crippen molar-refractivity contribution in [3.8, 4) is 0 Å².